The third kappa shape index (κ3) is 2.45. The molecule has 1 heterocycles. The molecule has 0 bridgehead atoms. The van der Waals surface area contributed by atoms with Gasteiger partial charge in [-0.2, -0.15) is 0 Å². The smallest absolute Gasteiger partial charge is 0.170 e. The summed E-state index contributed by atoms with van der Waals surface area (Å²) in [4.78, 5) is 0. The largest absolute Gasteiger partial charge is 0.485 e. The van der Waals surface area contributed by atoms with Gasteiger partial charge in [0.1, 0.15) is 18.7 Å². The van der Waals surface area contributed by atoms with Gasteiger partial charge in [-0.15, -0.1) is 10.2 Å². The van der Waals surface area contributed by atoms with Gasteiger partial charge in [0.05, 0.1) is 0 Å². The Kier molecular flexibility index (Phi) is 3.39. The van der Waals surface area contributed by atoms with E-state index in [9.17, 15) is 0 Å². The van der Waals surface area contributed by atoms with Gasteiger partial charge in [0.2, 0.25) is 0 Å². The monoisotopic (exact) mass is 232 g/mol. The summed E-state index contributed by atoms with van der Waals surface area (Å²) in [6, 6.07) is 5.96. The Morgan fingerprint density at radius 1 is 1.41 bits per heavy atom. The van der Waals surface area contributed by atoms with E-state index in [4.69, 9.17) is 10.5 Å². The van der Waals surface area contributed by atoms with Crippen molar-refractivity contribution in [2.24, 2.45) is 12.8 Å². The lowest BCUT2D eigenvalue weighted by Gasteiger charge is -2.12. The fourth-order valence-corrected chi connectivity index (χ4v) is 1.66. The van der Waals surface area contributed by atoms with Crippen LogP contribution in [0.25, 0.3) is 0 Å². The number of benzene rings is 1. The number of hydrogen-bond acceptors (Lipinski definition) is 4. The molecule has 0 aliphatic rings. The highest BCUT2D eigenvalue weighted by Gasteiger charge is 2.07. The third-order valence-electron chi connectivity index (χ3n) is 2.66. The Morgan fingerprint density at radius 2 is 2.24 bits per heavy atom. The second-order valence-electron chi connectivity index (χ2n) is 3.91. The highest BCUT2D eigenvalue weighted by atomic mass is 16.5. The van der Waals surface area contributed by atoms with Gasteiger partial charge in [-0.1, -0.05) is 18.2 Å². The van der Waals surface area contributed by atoms with Gasteiger partial charge in [0, 0.05) is 19.2 Å². The van der Waals surface area contributed by atoms with E-state index in [0.29, 0.717) is 13.2 Å². The molecule has 0 radical (unpaired) electrons. The lowest BCUT2D eigenvalue weighted by atomic mass is 10.1. The molecule has 0 fully saturated rings. The Labute approximate surface area is 100 Å². The number of aromatic nitrogens is 3. The quantitative estimate of drug-likeness (QED) is 0.859. The van der Waals surface area contributed by atoms with Crippen LogP contribution in [0.3, 0.4) is 0 Å². The van der Waals surface area contributed by atoms with Crippen molar-refractivity contribution < 1.29 is 4.74 Å². The third-order valence-corrected chi connectivity index (χ3v) is 2.66. The van der Waals surface area contributed by atoms with Gasteiger partial charge >= 0.3 is 0 Å². The maximum atomic E-state index is 5.78. The zero-order chi connectivity index (χ0) is 12.3. The van der Waals surface area contributed by atoms with Crippen LogP contribution in [0.15, 0.2) is 24.5 Å². The van der Waals surface area contributed by atoms with Gasteiger partial charge < -0.3 is 15.0 Å². The van der Waals surface area contributed by atoms with Crippen LogP contribution in [0.5, 0.6) is 5.75 Å². The van der Waals surface area contributed by atoms with E-state index in [2.05, 4.69) is 10.2 Å². The zero-order valence-electron chi connectivity index (χ0n) is 10.1. The summed E-state index contributed by atoms with van der Waals surface area (Å²) in [5.41, 5.74) is 7.77. The molecule has 0 spiro atoms. The van der Waals surface area contributed by atoms with Crippen LogP contribution in [0, 0.1) is 6.92 Å². The van der Waals surface area contributed by atoms with E-state index in [1.54, 1.807) is 6.33 Å². The number of aryl methyl sites for hydroxylation is 2. The second kappa shape index (κ2) is 4.97. The topological polar surface area (TPSA) is 66.0 Å². The van der Waals surface area contributed by atoms with Crippen molar-refractivity contribution in [1.82, 2.24) is 14.8 Å². The SMILES string of the molecule is Cc1cccc(CN)c1OCc1nncn1C. The highest BCUT2D eigenvalue weighted by Crippen LogP contribution is 2.23. The van der Waals surface area contributed by atoms with Gasteiger partial charge in [0.15, 0.2) is 5.82 Å². The van der Waals surface area contributed by atoms with Gasteiger partial charge in [-0.25, -0.2) is 0 Å². The highest BCUT2D eigenvalue weighted by molar-refractivity contribution is 5.40. The summed E-state index contributed by atoms with van der Waals surface area (Å²) >= 11 is 0. The van der Waals surface area contributed by atoms with E-state index in [1.165, 1.54) is 0 Å². The van der Waals surface area contributed by atoms with Gasteiger partial charge in [-0.3, -0.25) is 0 Å². The molecular weight excluding hydrogens is 216 g/mol. The molecule has 1 aromatic carbocycles. The molecule has 5 nitrogen and oxygen atoms in total. The Morgan fingerprint density at radius 3 is 2.88 bits per heavy atom. The number of ether oxygens (including phenoxy) is 1. The first kappa shape index (κ1) is 11.6. The molecule has 0 saturated heterocycles. The van der Waals surface area contributed by atoms with E-state index < -0.39 is 0 Å². The molecule has 0 atom stereocenters. The molecule has 0 aliphatic carbocycles. The summed E-state index contributed by atoms with van der Waals surface area (Å²) in [7, 11) is 1.89. The molecule has 2 N–H and O–H groups in total. The van der Waals surface area contributed by atoms with Crippen LogP contribution in [0.2, 0.25) is 0 Å². The minimum absolute atomic E-state index is 0.397. The minimum atomic E-state index is 0.397. The van der Waals surface area contributed by atoms with Crippen molar-refractivity contribution >= 4 is 0 Å². The zero-order valence-corrected chi connectivity index (χ0v) is 10.1. The molecular formula is C12H16N4O. The molecule has 0 saturated carbocycles. The average Bonchev–Trinajstić information content (AvgIpc) is 2.73. The normalized spacial score (nSPS) is 10.5. The Hall–Kier alpha value is -1.88. The molecule has 0 unspecified atom stereocenters. The first-order chi connectivity index (χ1) is 8.22. The van der Waals surface area contributed by atoms with Crippen molar-refractivity contribution in [2.45, 2.75) is 20.1 Å². The van der Waals surface area contributed by atoms with Crippen LogP contribution < -0.4 is 10.5 Å². The molecule has 0 aliphatic heterocycles. The van der Waals surface area contributed by atoms with Crippen molar-refractivity contribution in [3.63, 3.8) is 0 Å². The number of para-hydroxylation sites is 1. The van der Waals surface area contributed by atoms with Gasteiger partial charge in [-0.05, 0) is 12.5 Å². The summed E-state index contributed by atoms with van der Waals surface area (Å²) in [5.74, 6) is 1.63. The molecule has 17 heavy (non-hydrogen) atoms. The maximum absolute atomic E-state index is 5.78. The first-order valence-corrected chi connectivity index (χ1v) is 5.46. The van der Waals surface area contributed by atoms with Crippen LogP contribution in [0.4, 0.5) is 0 Å². The fraction of sp³-hybridized carbons (Fsp3) is 0.333. The molecule has 5 heteroatoms. The summed E-state index contributed by atoms with van der Waals surface area (Å²) in [6.45, 7) is 2.87. The molecule has 90 valence electrons. The second-order valence-corrected chi connectivity index (χ2v) is 3.91. The van der Waals surface area contributed by atoms with E-state index >= 15 is 0 Å². The molecule has 2 rings (SSSR count). The van der Waals surface area contributed by atoms with E-state index in [1.807, 2.05) is 36.7 Å². The summed E-state index contributed by atoms with van der Waals surface area (Å²) < 4.78 is 7.61. The number of nitrogens with zero attached hydrogens (tertiary/aromatic N) is 3. The number of nitrogens with two attached hydrogens (primary N) is 1. The predicted octanol–water partition coefficient (Wildman–Crippen LogP) is 1.16. The van der Waals surface area contributed by atoms with E-state index in [-0.39, 0.29) is 0 Å². The summed E-state index contributed by atoms with van der Waals surface area (Å²) in [5, 5.41) is 7.78. The number of rotatable bonds is 4. The number of hydrogen-bond donors (Lipinski definition) is 1. The van der Waals surface area contributed by atoms with Crippen molar-refractivity contribution in [3.8, 4) is 5.75 Å². The lowest BCUT2D eigenvalue weighted by Crippen LogP contribution is -2.07. The van der Waals surface area contributed by atoms with Crippen LogP contribution in [0.1, 0.15) is 17.0 Å². The lowest BCUT2D eigenvalue weighted by molar-refractivity contribution is 0.286. The van der Waals surface area contributed by atoms with Crippen molar-refractivity contribution in [1.29, 1.82) is 0 Å². The molecule has 1 aromatic heterocycles. The minimum Gasteiger partial charge on any atom is -0.485 e. The molecule has 0 amide bonds. The Balaban J connectivity index is 2.16. The summed E-state index contributed by atoms with van der Waals surface area (Å²) in [6.07, 6.45) is 1.65. The van der Waals surface area contributed by atoms with Crippen molar-refractivity contribution in [3.05, 3.63) is 41.5 Å². The first-order valence-electron chi connectivity index (χ1n) is 5.46. The van der Waals surface area contributed by atoms with E-state index in [0.717, 1.165) is 22.7 Å². The van der Waals surface area contributed by atoms with Crippen molar-refractivity contribution in [2.75, 3.05) is 0 Å². The maximum Gasteiger partial charge on any atom is 0.170 e. The average molecular weight is 232 g/mol. The molecule has 2 aromatic rings. The van der Waals surface area contributed by atoms with Crippen LogP contribution in [-0.4, -0.2) is 14.8 Å². The van der Waals surface area contributed by atoms with Gasteiger partial charge in [0.25, 0.3) is 0 Å². The standard InChI is InChI=1S/C12H16N4O/c1-9-4-3-5-10(6-13)12(9)17-7-11-15-14-8-16(11)2/h3-5,8H,6-7,13H2,1-2H3. The fourth-order valence-electron chi connectivity index (χ4n) is 1.66. The predicted molar refractivity (Wildman–Crippen MR) is 64.4 cm³/mol. The van der Waals surface area contributed by atoms with Crippen LogP contribution >= 0.6 is 0 Å². The Bertz CT molecular complexity index is 507. The van der Waals surface area contributed by atoms with Crippen LogP contribution in [-0.2, 0) is 20.2 Å².